The van der Waals surface area contributed by atoms with Crippen molar-refractivity contribution in [3.63, 3.8) is 0 Å². The van der Waals surface area contributed by atoms with Gasteiger partial charge in [-0.15, -0.1) is 0 Å². The van der Waals surface area contributed by atoms with E-state index in [1.54, 1.807) is 0 Å². The van der Waals surface area contributed by atoms with E-state index in [4.69, 9.17) is 9.47 Å². The number of aliphatic hydroxyl groups excluding tert-OH is 1. The molecule has 1 N–H and O–H groups in total. The Morgan fingerprint density at radius 2 is 1.08 bits per heavy atom. The number of benzene rings is 4. The number of aliphatic hydroxyl groups is 1. The normalized spacial score (nSPS) is 13.0. The molecule has 0 saturated heterocycles. The van der Waals surface area contributed by atoms with Crippen LogP contribution in [0.25, 0.3) is 0 Å². The van der Waals surface area contributed by atoms with E-state index in [-0.39, 0.29) is 44.6 Å². The smallest absolute Gasteiger partial charge is 0.416 e. The van der Waals surface area contributed by atoms with Crippen molar-refractivity contribution in [1.29, 1.82) is 0 Å². The van der Waals surface area contributed by atoms with Crippen molar-refractivity contribution in [3.8, 4) is 11.5 Å². The number of rotatable bonds is 13. The fourth-order valence-corrected chi connectivity index (χ4v) is 6.75. The van der Waals surface area contributed by atoms with E-state index in [1.807, 2.05) is 0 Å². The van der Waals surface area contributed by atoms with Crippen LogP contribution in [0.1, 0.15) is 66.2 Å². The highest BCUT2D eigenvalue weighted by molar-refractivity contribution is 7.91. The molecule has 0 bridgehead atoms. The first kappa shape index (κ1) is 41.0. The van der Waals surface area contributed by atoms with Gasteiger partial charge in [0.2, 0.25) is 0 Å². The number of sulfone groups is 2. The van der Waals surface area contributed by atoms with E-state index in [0.29, 0.717) is 23.8 Å². The topological polar surface area (TPSA) is 141 Å². The zero-order valence-electron chi connectivity index (χ0n) is 28.0. The van der Waals surface area contributed by atoms with Crippen LogP contribution < -0.4 is 9.47 Å². The van der Waals surface area contributed by atoms with Gasteiger partial charge in [0.1, 0.15) is 17.6 Å². The largest absolute Gasteiger partial charge is 0.426 e. The molecule has 1 unspecified atom stereocenters. The number of alkyl halides is 6. The lowest BCUT2D eigenvalue weighted by molar-refractivity contribution is -0.141. The van der Waals surface area contributed by atoms with E-state index < -0.39 is 85.4 Å². The third-order valence-electron chi connectivity index (χ3n) is 7.99. The molecule has 1 atom stereocenters. The quantitative estimate of drug-likeness (QED) is 0.0842. The maximum atomic E-state index is 13.6. The Bertz CT molecular complexity index is 2180. The van der Waals surface area contributed by atoms with Gasteiger partial charge in [-0.05, 0) is 77.4 Å². The molecule has 0 aliphatic carbocycles. The first-order valence-corrected chi connectivity index (χ1v) is 19.1. The molecule has 0 spiro atoms. The maximum absolute atomic E-state index is 13.6. The molecule has 0 aromatic heterocycles. The fourth-order valence-electron chi connectivity index (χ4n) is 4.98. The Hall–Kier alpha value is -4.74. The minimum absolute atomic E-state index is 0.0166. The molecule has 53 heavy (non-hydrogen) atoms. The van der Waals surface area contributed by atoms with E-state index in [2.05, 4.69) is 0 Å². The molecule has 0 fully saturated rings. The van der Waals surface area contributed by atoms with Gasteiger partial charge in [0.05, 0.1) is 45.3 Å². The van der Waals surface area contributed by atoms with Crippen molar-refractivity contribution in [3.05, 3.63) is 118 Å². The molecular formula is C36H32F6O9S2. The van der Waals surface area contributed by atoms with Crippen LogP contribution in [0.2, 0.25) is 0 Å². The summed E-state index contributed by atoms with van der Waals surface area (Å²) in [7, 11) is -7.16. The van der Waals surface area contributed by atoms with Gasteiger partial charge >= 0.3 is 24.3 Å². The zero-order valence-corrected chi connectivity index (χ0v) is 29.6. The molecule has 0 saturated carbocycles. The highest BCUT2D eigenvalue weighted by atomic mass is 32.2. The standard InChI is InChI=1S/C36H32F6O9S2/c1-3-52(46,47)27-11-5-22(6-12-27)19-24-20-25(35(37,38)39)9-15-30(24)50-32(43)17-18-33(44)51-31-16-10-26(36(40,41)42)21-29(31)34(45)23-7-13-28(14-8-23)53(48,49)4-2/h5-16,20-21,34,45H,3-4,17-19H2,1-2H3. The van der Waals surface area contributed by atoms with Gasteiger partial charge in [-0.2, -0.15) is 26.3 Å². The zero-order chi connectivity index (χ0) is 39.4. The first-order valence-electron chi connectivity index (χ1n) is 15.8. The van der Waals surface area contributed by atoms with Crippen LogP contribution in [0.3, 0.4) is 0 Å². The molecular weight excluding hydrogens is 755 g/mol. The second-order valence-electron chi connectivity index (χ2n) is 11.6. The van der Waals surface area contributed by atoms with Gasteiger partial charge in [-0.25, -0.2) is 16.8 Å². The van der Waals surface area contributed by atoms with Crippen molar-refractivity contribution < 1.29 is 67.3 Å². The number of hydrogen-bond acceptors (Lipinski definition) is 9. The molecule has 4 rings (SSSR count). The van der Waals surface area contributed by atoms with Crippen molar-refractivity contribution in [2.24, 2.45) is 0 Å². The molecule has 0 radical (unpaired) electrons. The number of hydrogen-bond donors (Lipinski definition) is 1. The van der Waals surface area contributed by atoms with Crippen molar-refractivity contribution >= 4 is 31.6 Å². The third-order valence-corrected chi connectivity index (χ3v) is 11.5. The molecule has 0 amide bonds. The van der Waals surface area contributed by atoms with Crippen LogP contribution in [0.4, 0.5) is 26.3 Å². The summed E-state index contributed by atoms with van der Waals surface area (Å²) in [5.74, 6) is -3.34. The average Bonchev–Trinajstić information content (AvgIpc) is 3.10. The van der Waals surface area contributed by atoms with Gasteiger partial charge in [0.25, 0.3) is 0 Å². The number of halogens is 6. The third kappa shape index (κ3) is 10.4. The van der Waals surface area contributed by atoms with E-state index in [0.717, 1.165) is 18.2 Å². The van der Waals surface area contributed by atoms with Gasteiger partial charge in [0.15, 0.2) is 19.7 Å². The van der Waals surface area contributed by atoms with Crippen molar-refractivity contribution in [2.75, 3.05) is 11.5 Å². The summed E-state index contributed by atoms with van der Waals surface area (Å²) in [6.45, 7) is 2.87. The highest BCUT2D eigenvalue weighted by Crippen LogP contribution is 2.38. The molecule has 0 aliphatic heterocycles. The van der Waals surface area contributed by atoms with Crippen LogP contribution >= 0.6 is 0 Å². The van der Waals surface area contributed by atoms with Crippen LogP contribution in [0.5, 0.6) is 11.5 Å². The van der Waals surface area contributed by atoms with E-state index in [9.17, 15) is 57.9 Å². The molecule has 0 heterocycles. The molecule has 284 valence electrons. The second-order valence-corrected chi connectivity index (χ2v) is 16.2. The second kappa shape index (κ2) is 16.1. The lowest BCUT2D eigenvalue weighted by atomic mass is 9.98. The molecule has 0 aliphatic rings. The summed E-state index contributed by atoms with van der Waals surface area (Å²) < 4.78 is 140. The molecule has 17 heteroatoms. The van der Waals surface area contributed by atoms with Gasteiger partial charge in [0, 0.05) is 12.0 Å². The SMILES string of the molecule is CCS(=O)(=O)c1ccc(Cc2cc(C(F)(F)F)ccc2OC(=O)CCC(=O)Oc2ccc(C(F)(F)F)cc2C(O)c2ccc(S(=O)(=O)CC)cc2)cc1. The number of carbonyl (C=O) groups excluding carboxylic acids is 2. The Morgan fingerprint density at radius 3 is 1.55 bits per heavy atom. The summed E-state index contributed by atoms with van der Waals surface area (Å²) in [5, 5.41) is 11.0. The first-order chi connectivity index (χ1) is 24.6. The minimum Gasteiger partial charge on any atom is -0.426 e. The van der Waals surface area contributed by atoms with Crippen LogP contribution in [0.15, 0.2) is 94.7 Å². The predicted octanol–water partition coefficient (Wildman–Crippen LogP) is 7.28. The summed E-state index contributed by atoms with van der Waals surface area (Å²) in [4.78, 5) is 25.5. The lowest BCUT2D eigenvalue weighted by Gasteiger charge is -2.18. The lowest BCUT2D eigenvalue weighted by Crippen LogP contribution is -2.17. The molecule has 4 aromatic carbocycles. The van der Waals surface area contributed by atoms with Gasteiger partial charge in [-0.3, -0.25) is 9.59 Å². The maximum Gasteiger partial charge on any atom is 0.416 e. The number of esters is 2. The summed E-state index contributed by atoms with van der Waals surface area (Å²) in [6.07, 6.45) is -13.0. The summed E-state index contributed by atoms with van der Waals surface area (Å²) >= 11 is 0. The van der Waals surface area contributed by atoms with Gasteiger partial charge in [-0.1, -0.05) is 38.1 Å². The van der Waals surface area contributed by atoms with Crippen molar-refractivity contribution in [1.82, 2.24) is 0 Å². The monoisotopic (exact) mass is 786 g/mol. The summed E-state index contributed by atoms with van der Waals surface area (Å²) in [5.41, 5.74) is -2.42. The Kier molecular flexibility index (Phi) is 12.5. The van der Waals surface area contributed by atoms with Crippen LogP contribution in [-0.2, 0) is 48.0 Å². The van der Waals surface area contributed by atoms with E-state index >= 15 is 0 Å². The molecule has 9 nitrogen and oxygen atoms in total. The van der Waals surface area contributed by atoms with Crippen LogP contribution in [-0.4, -0.2) is 45.4 Å². The van der Waals surface area contributed by atoms with E-state index in [1.165, 1.54) is 62.4 Å². The van der Waals surface area contributed by atoms with Gasteiger partial charge < -0.3 is 14.6 Å². The number of carbonyl (C=O) groups is 2. The Morgan fingerprint density at radius 1 is 0.642 bits per heavy atom. The number of ether oxygens (including phenoxy) is 2. The Labute approximate surface area is 301 Å². The highest BCUT2D eigenvalue weighted by Gasteiger charge is 2.33. The molecule has 4 aromatic rings. The predicted molar refractivity (Wildman–Crippen MR) is 179 cm³/mol. The Balaban J connectivity index is 1.51. The van der Waals surface area contributed by atoms with Crippen LogP contribution in [0, 0.1) is 0 Å². The fraction of sp³-hybridized carbons (Fsp3) is 0.278. The van der Waals surface area contributed by atoms with Crippen molar-refractivity contribution in [2.45, 2.75) is 61.4 Å². The average molecular weight is 787 g/mol. The summed E-state index contributed by atoms with van der Waals surface area (Å²) in [6, 6.07) is 14.5. The minimum atomic E-state index is -4.85.